The number of carbonyl (C=O) groups excluding carboxylic acids is 1. The smallest absolute Gasteiger partial charge is 0.450 e. The molecule has 0 aromatic rings. The van der Waals surface area contributed by atoms with E-state index in [0.29, 0.717) is 6.42 Å². The molecule has 0 aromatic carbocycles. The summed E-state index contributed by atoms with van der Waals surface area (Å²) in [6.07, 6.45) is -1.81. The van der Waals surface area contributed by atoms with Crippen LogP contribution in [-0.4, -0.2) is 48.9 Å². The van der Waals surface area contributed by atoms with Gasteiger partial charge in [-0.25, -0.2) is 14.5 Å². The average Bonchev–Trinajstić information content (AvgIpc) is 2.40. The van der Waals surface area contributed by atoms with Gasteiger partial charge in [0.25, 0.3) is 6.29 Å². The maximum atomic E-state index is 11.7. The second-order valence-corrected chi connectivity index (χ2v) is 7.48. The van der Waals surface area contributed by atoms with E-state index in [9.17, 15) is 9.59 Å². The third kappa shape index (κ3) is 13.3. The molecule has 0 aromatic heterocycles. The molecule has 0 fully saturated rings. The summed E-state index contributed by atoms with van der Waals surface area (Å²) in [5.41, 5.74) is -0.392. The summed E-state index contributed by atoms with van der Waals surface area (Å²) in [4.78, 5) is 32.6. The quantitative estimate of drug-likeness (QED) is 0.149. The largest absolute Gasteiger partial charge is 0.505 e. The first kappa shape index (κ1) is 23.4. The number of hydrogen-bond acceptors (Lipinski definition) is 7. The molecule has 0 bridgehead atoms. The third-order valence-electron chi connectivity index (χ3n) is 2.63. The summed E-state index contributed by atoms with van der Waals surface area (Å²) < 4.78 is 14.6. The summed E-state index contributed by atoms with van der Waals surface area (Å²) in [6.45, 7) is 14.6. The molecular weight excluding hydrogens is 332 g/mol. The van der Waals surface area contributed by atoms with Crippen LogP contribution in [0.5, 0.6) is 0 Å². The monoisotopic (exact) mass is 362 g/mol. The Kier molecular flexibility index (Phi) is 9.69. The Morgan fingerprint density at radius 2 is 1.72 bits per heavy atom. The third-order valence-corrected chi connectivity index (χ3v) is 2.63. The van der Waals surface area contributed by atoms with Gasteiger partial charge in [-0.15, -0.1) is 0 Å². The van der Waals surface area contributed by atoms with Crippen molar-refractivity contribution in [3.8, 4) is 0 Å². The lowest BCUT2D eigenvalue weighted by molar-refractivity contribution is -0.419. The van der Waals surface area contributed by atoms with Crippen LogP contribution in [0, 0.1) is 5.41 Å². The minimum absolute atomic E-state index is 0.0117. The standard InChI is InChI=1S/C17H30O8/c1-12(2)14(18)23-13(10-21-8-9-22-15(19)20)24-25-17(6,7)11-16(3,4)5/h13H,1,8-11H2,2-7H3,(H,19,20). The van der Waals surface area contributed by atoms with Gasteiger partial charge >= 0.3 is 12.1 Å². The van der Waals surface area contributed by atoms with Crippen molar-refractivity contribution >= 4 is 12.1 Å². The number of carbonyl (C=O) groups is 2. The second-order valence-electron chi connectivity index (χ2n) is 7.48. The van der Waals surface area contributed by atoms with Crippen LogP contribution in [-0.2, 0) is 28.8 Å². The van der Waals surface area contributed by atoms with Gasteiger partial charge in [-0.05, 0) is 32.6 Å². The number of esters is 1. The van der Waals surface area contributed by atoms with E-state index in [1.54, 1.807) is 0 Å². The van der Waals surface area contributed by atoms with E-state index in [2.05, 4.69) is 32.1 Å². The van der Waals surface area contributed by atoms with Crippen molar-refractivity contribution in [2.24, 2.45) is 5.41 Å². The van der Waals surface area contributed by atoms with Gasteiger partial charge in [0, 0.05) is 5.57 Å². The molecule has 1 N–H and O–H groups in total. The molecule has 1 unspecified atom stereocenters. The van der Waals surface area contributed by atoms with Crippen LogP contribution in [0.1, 0.15) is 48.0 Å². The summed E-state index contributed by atoms with van der Waals surface area (Å²) in [5.74, 6) is -0.646. The van der Waals surface area contributed by atoms with Gasteiger partial charge in [0.15, 0.2) is 0 Å². The van der Waals surface area contributed by atoms with Crippen molar-refractivity contribution in [3.05, 3.63) is 12.2 Å². The topological polar surface area (TPSA) is 101 Å². The molecule has 1 atom stereocenters. The van der Waals surface area contributed by atoms with E-state index in [4.69, 9.17) is 24.4 Å². The van der Waals surface area contributed by atoms with Gasteiger partial charge in [0.2, 0.25) is 0 Å². The molecule has 0 saturated carbocycles. The van der Waals surface area contributed by atoms with Crippen LogP contribution in [0.3, 0.4) is 0 Å². The van der Waals surface area contributed by atoms with Crippen molar-refractivity contribution in [1.29, 1.82) is 0 Å². The lowest BCUT2D eigenvalue weighted by Gasteiger charge is -2.32. The lowest BCUT2D eigenvalue weighted by Crippen LogP contribution is -2.35. The minimum Gasteiger partial charge on any atom is -0.450 e. The van der Waals surface area contributed by atoms with E-state index in [0.717, 1.165) is 0 Å². The van der Waals surface area contributed by atoms with Gasteiger partial charge in [-0.2, -0.15) is 4.89 Å². The zero-order valence-corrected chi connectivity index (χ0v) is 15.9. The van der Waals surface area contributed by atoms with Gasteiger partial charge in [-0.1, -0.05) is 27.4 Å². The molecule has 0 aliphatic carbocycles. The van der Waals surface area contributed by atoms with Crippen molar-refractivity contribution in [1.82, 2.24) is 0 Å². The van der Waals surface area contributed by atoms with E-state index in [-0.39, 0.29) is 30.8 Å². The van der Waals surface area contributed by atoms with Crippen molar-refractivity contribution in [3.63, 3.8) is 0 Å². The average molecular weight is 362 g/mol. The van der Waals surface area contributed by atoms with Crippen molar-refractivity contribution in [2.75, 3.05) is 19.8 Å². The number of hydrogen-bond donors (Lipinski definition) is 1. The van der Waals surface area contributed by atoms with E-state index < -0.39 is 24.0 Å². The first-order valence-corrected chi connectivity index (χ1v) is 7.97. The molecule has 0 radical (unpaired) electrons. The molecule has 0 saturated heterocycles. The van der Waals surface area contributed by atoms with Crippen molar-refractivity contribution < 1.29 is 38.7 Å². The van der Waals surface area contributed by atoms with E-state index >= 15 is 0 Å². The lowest BCUT2D eigenvalue weighted by atomic mass is 9.84. The fourth-order valence-electron chi connectivity index (χ4n) is 2.16. The summed E-state index contributed by atoms with van der Waals surface area (Å²) in [5, 5.41) is 8.37. The SMILES string of the molecule is C=C(C)C(=O)OC(COCCOC(=O)O)OOC(C)(C)CC(C)(C)C. The van der Waals surface area contributed by atoms with Gasteiger partial charge < -0.3 is 19.3 Å². The summed E-state index contributed by atoms with van der Waals surface area (Å²) in [6, 6.07) is 0. The molecule has 8 heteroatoms. The van der Waals surface area contributed by atoms with Crippen LogP contribution in [0.25, 0.3) is 0 Å². The molecule has 8 nitrogen and oxygen atoms in total. The Balaban J connectivity index is 4.54. The van der Waals surface area contributed by atoms with Crippen molar-refractivity contribution in [2.45, 2.75) is 59.9 Å². The predicted octanol–water partition coefficient (Wildman–Crippen LogP) is 3.31. The Bertz CT molecular complexity index is 450. The Labute approximate surface area is 149 Å². The van der Waals surface area contributed by atoms with Gasteiger partial charge in [0.05, 0.1) is 12.2 Å². The molecule has 0 rings (SSSR count). The first-order valence-electron chi connectivity index (χ1n) is 7.97. The first-order chi connectivity index (χ1) is 11.3. The summed E-state index contributed by atoms with van der Waals surface area (Å²) in [7, 11) is 0. The second kappa shape index (κ2) is 10.4. The fourth-order valence-corrected chi connectivity index (χ4v) is 2.16. The van der Waals surface area contributed by atoms with Crippen LogP contribution >= 0.6 is 0 Å². The molecule has 146 valence electrons. The van der Waals surface area contributed by atoms with Crippen LogP contribution < -0.4 is 0 Å². The van der Waals surface area contributed by atoms with Crippen LogP contribution in [0.15, 0.2) is 12.2 Å². The zero-order valence-electron chi connectivity index (χ0n) is 15.9. The molecule has 0 spiro atoms. The number of ether oxygens (including phenoxy) is 3. The van der Waals surface area contributed by atoms with E-state index in [1.165, 1.54) is 6.92 Å². The normalized spacial score (nSPS) is 13.2. The van der Waals surface area contributed by atoms with Crippen LogP contribution in [0.2, 0.25) is 0 Å². The van der Waals surface area contributed by atoms with Crippen LogP contribution in [0.4, 0.5) is 4.79 Å². The number of carboxylic acid groups (broad SMARTS) is 1. The maximum Gasteiger partial charge on any atom is 0.505 e. The summed E-state index contributed by atoms with van der Waals surface area (Å²) >= 11 is 0. The molecule has 25 heavy (non-hydrogen) atoms. The van der Waals surface area contributed by atoms with E-state index in [1.807, 2.05) is 13.8 Å². The highest BCUT2D eigenvalue weighted by molar-refractivity contribution is 5.87. The predicted molar refractivity (Wildman–Crippen MR) is 89.8 cm³/mol. The minimum atomic E-state index is -1.39. The molecule has 0 aliphatic rings. The Morgan fingerprint density at radius 1 is 1.12 bits per heavy atom. The number of rotatable bonds is 11. The molecule has 0 amide bonds. The Morgan fingerprint density at radius 3 is 2.20 bits per heavy atom. The molecular formula is C17H30O8. The molecule has 0 heterocycles. The fraction of sp³-hybridized carbons (Fsp3) is 0.765. The van der Waals surface area contributed by atoms with Gasteiger partial charge in [0.1, 0.15) is 13.2 Å². The highest BCUT2D eigenvalue weighted by atomic mass is 17.2. The highest BCUT2D eigenvalue weighted by Crippen LogP contribution is 2.29. The van der Waals surface area contributed by atoms with Gasteiger partial charge in [-0.3, -0.25) is 0 Å². The zero-order chi connectivity index (χ0) is 19.7. The maximum absolute atomic E-state index is 11.7. The molecule has 0 aliphatic heterocycles. The Hall–Kier alpha value is -1.64. The highest BCUT2D eigenvalue weighted by Gasteiger charge is 2.29.